The van der Waals surface area contributed by atoms with Gasteiger partial charge in [-0.05, 0) is 30.7 Å². The number of hydrogen-bond donors (Lipinski definition) is 1. The van der Waals surface area contributed by atoms with E-state index in [1.54, 1.807) is 4.90 Å². The van der Waals surface area contributed by atoms with E-state index in [0.717, 1.165) is 10.0 Å². The minimum Gasteiger partial charge on any atom is -0.334 e. The topological polar surface area (TPSA) is 32.3 Å². The van der Waals surface area contributed by atoms with Gasteiger partial charge in [0.25, 0.3) is 0 Å². The van der Waals surface area contributed by atoms with Gasteiger partial charge in [-0.3, -0.25) is 4.90 Å². The summed E-state index contributed by atoms with van der Waals surface area (Å²) >= 11 is 3.40. The molecule has 84 valence electrons. The molecule has 0 fully saturated rings. The van der Waals surface area contributed by atoms with Crippen LogP contribution in [0.1, 0.15) is 18.5 Å². The van der Waals surface area contributed by atoms with Gasteiger partial charge in [-0.15, -0.1) is 0 Å². The average molecular weight is 281 g/mol. The number of hydrogen-bond acceptors (Lipinski definition) is 1. The maximum absolute atomic E-state index is 11.6. The number of nitrogens with zero attached hydrogens (tertiary/aromatic N) is 1. The molecule has 2 amide bonds. The van der Waals surface area contributed by atoms with Gasteiger partial charge in [0, 0.05) is 17.2 Å². The van der Waals surface area contributed by atoms with Gasteiger partial charge in [-0.25, -0.2) is 4.79 Å². The highest BCUT2D eigenvalue weighted by Gasteiger charge is 2.20. The first kappa shape index (κ1) is 11.2. The van der Waals surface area contributed by atoms with Crippen LogP contribution in [0.5, 0.6) is 0 Å². The molecule has 2 rings (SSSR count). The van der Waals surface area contributed by atoms with Crippen molar-refractivity contribution in [3.63, 3.8) is 0 Å². The Hall–Kier alpha value is -1.29. The van der Waals surface area contributed by atoms with Crippen LogP contribution in [0, 0.1) is 0 Å². The fraction of sp³-hybridized carbons (Fsp3) is 0.250. The highest BCUT2D eigenvalue weighted by Crippen LogP contribution is 2.23. The molecular formula is C12H13BrN2O. The number of halogens is 1. The van der Waals surface area contributed by atoms with Crippen LogP contribution in [0.15, 0.2) is 41.0 Å². The van der Waals surface area contributed by atoms with Gasteiger partial charge in [0.15, 0.2) is 0 Å². The number of rotatable bonds is 2. The third-order valence-electron chi connectivity index (χ3n) is 2.64. The smallest absolute Gasteiger partial charge is 0.322 e. The highest BCUT2D eigenvalue weighted by atomic mass is 79.9. The highest BCUT2D eigenvalue weighted by molar-refractivity contribution is 9.10. The van der Waals surface area contributed by atoms with Crippen LogP contribution < -0.4 is 5.32 Å². The molecule has 1 aromatic carbocycles. The Bertz CT molecular complexity index is 414. The minimum absolute atomic E-state index is 0.0436. The average Bonchev–Trinajstić information content (AvgIpc) is 2.30. The maximum Gasteiger partial charge on any atom is 0.322 e. The van der Waals surface area contributed by atoms with Crippen molar-refractivity contribution in [1.82, 2.24) is 10.2 Å². The second kappa shape index (κ2) is 4.70. The predicted octanol–water partition coefficient (Wildman–Crippen LogP) is 3.05. The number of carbonyl (C=O) groups excluding carboxylic acids is 1. The fourth-order valence-electron chi connectivity index (χ4n) is 1.68. The Kier molecular flexibility index (Phi) is 3.29. The molecule has 1 heterocycles. The normalized spacial score (nSPS) is 17.1. The number of benzene rings is 1. The summed E-state index contributed by atoms with van der Waals surface area (Å²) in [6, 6.07) is 8.01. The van der Waals surface area contributed by atoms with Gasteiger partial charge in [0.1, 0.15) is 0 Å². The molecule has 4 heteroatoms. The number of carbonyl (C=O) groups is 1. The number of amides is 2. The van der Waals surface area contributed by atoms with E-state index in [1.165, 1.54) is 0 Å². The van der Waals surface area contributed by atoms with Gasteiger partial charge in [0.05, 0.1) is 6.04 Å². The molecule has 0 saturated heterocycles. The zero-order chi connectivity index (χ0) is 11.5. The molecule has 1 aliphatic heterocycles. The van der Waals surface area contributed by atoms with Gasteiger partial charge in [-0.1, -0.05) is 28.1 Å². The molecule has 1 N–H and O–H groups in total. The van der Waals surface area contributed by atoms with Crippen molar-refractivity contribution in [3.05, 3.63) is 46.6 Å². The van der Waals surface area contributed by atoms with Crippen molar-refractivity contribution >= 4 is 22.0 Å². The van der Waals surface area contributed by atoms with Gasteiger partial charge in [-0.2, -0.15) is 0 Å². The molecule has 0 radical (unpaired) electrons. The summed E-state index contributed by atoms with van der Waals surface area (Å²) in [5.74, 6) is 0. The number of nitrogens with one attached hydrogen (secondary N) is 1. The Morgan fingerprint density at radius 3 is 2.69 bits per heavy atom. The molecule has 0 spiro atoms. The Labute approximate surface area is 103 Å². The van der Waals surface area contributed by atoms with E-state index in [0.29, 0.717) is 6.54 Å². The summed E-state index contributed by atoms with van der Waals surface area (Å²) in [6.07, 6.45) is 3.78. The molecule has 0 aliphatic carbocycles. The van der Waals surface area contributed by atoms with Crippen LogP contribution in [-0.4, -0.2) is 17.5 Å². The van der Waals surface area contributed by atoms with Crippen LogP contribution in [0.2, 0.25) is 0 Å². The van der Waals surface area contributed by atoms with Crippen molar-refractivity contribution in [2.75, 3.05) is 6.54 Å². The lowest BCUT2D eigenvalue weighted by atomic mass is 10.1. The maximum atomic E-state index is 11.6. The molecular weight excluding hydrogens is 268 g/mol. The molecule has 0 bridgehead atoms. The largest absolute Gasteiger partial charge is 0.334 e. The lowest BCUT2D eigenvalue weighted by Crippen LogP contribution is -2.41. The standard InChI is InChI=1S/C12H13BrN2O/c1-9(10-3-5-11(13)6-4-10)15-8-2-7-14-12(15)16/h2-6,8-9H,7H2,1H3,(H,14,16)/t9-/m0/s1. The lowest BCUT2D eigenvalue weighted by Gasteiger charge is -2.28. The SMILES string of the molecule is C[C@@H](c1ccc(Br)cc1)N1C=CCNC1=O. The minimum atomic E-state index is -0.0436. The summed E-state index contributed by atoms with van der Waals surface area (Å²) in [7, 11) is 0. The number of urea groups is 1. The van der Waals surface area contributed by atoms with E-state index < -0.39 is 0 Å². The van der Waals surface area contributed by atoms with E-state index in [4.69, 9.17) is 0 Å². The monoisotopic (exact) mass is 280 g/mol. The van der Waals surface area contributed by atoms with Crippen LogP contribution >= 0.6 is 15.9 Å². The summed E-state index contributed by atoms with van der Waals surface area (Å²) in [4.78, 5) is 13.3. The van der Waals surface area contributed by atoms with Crippen molar-refractivity contribution < 1.29 is 4.79 Å². The Morgan fingerprint density at radius 2 is 2.06 bits per heavy atom. The van der Waals surface area contributed by atoms with E-state index in [2.05, 4.69) is 21.2 Å². The second-order valence-corrected chi connectivity index (χ2v) is 4.62. The molecule has 0 saturated carbocycles. The third-order valence-corrected chi connectivity index (χ3v) is 3.17. The van der Waals surface area contributed by atoms with Crippen molar-refractivity contribution in [2.45, 2.75) is 13.0 Å². The van der Waals surface area contributed by atoms with E-state index in [-0.39, 0.29) is 12.1 Å². The summed E-state index contributed by atoms with van der Waals surface area (Å²) in [5.41, 5.74) is 1.12. The first-order valence-electron chi connectivity index (χ1n) is 5.17. The van der Waals surface area contributed by atoms with E-state index >= 15 is 0 Å². The van der Waals surface area contributed by atoms with Crippen molar-refractivity contribution in [2.24, 2.45) is 0 Å². The molecule has 3 nitrogen and oxygen atoms in total. The van der Waals surface area contributed by atoms with E-state index in [9.17, 15) is 4.79 Å². The van der Waals surface area contributed by atoms with Crippen LogP contribution in [-0.2, 0) is 0 Å². The van der Waals surface area contributed by atoms with Crippen molar-refractivity contribution in [3.8, 4) is 0 Å². The molecule has 0 aromatic heterocycles. The first-order valence-corrected chi connectivity index (χ1v) is 5.96. The fourth-order valence-corrected chi connectivity index (χ4v) is 1.94. The zero-order valence-corrected chi connectivity index (χ0v) is 10.6. The molecule has 1 aromatic rings. The molecule has 1 atom stereocenters. The molecule has 0 unspecified atom stereocenters. The quantitative estimate of drug-likeness (QED) is 0.887. The van der Waals surface area contributed by atoms with Crippen LogP contribution in [0.3, 0.4) is 0 Å². The van der Waals surface area contributed by atoms with Crippen LogP contribution in [0.25, 0.3) is 0 Å². The molecule has 1 aliphatic rings. The second-order valence-electron chi connectivity index (χ2n) is 3.71. The Morgan fingerprint density at radius 1 is 1.38 bits per heavy atom. The van der Waals surface area contributed by atoms with Gasteiger partial charge >= 0.3 is 6.03 Å². The first-order chi connectivity index (χ1) is 7.68. The third kappa shape index (κ3) is 2.27. The van der Waals surface area contributed by atoms with Gasteiger partial charge in [0.2, 0.25) is 0 Å². The predicted molar refractivity (Wildman–Crippen MR) is 66.9 cm³/mol. The van der Waals surface area contributed by atoms with Crippen LogP contribution in [0.4, 0.5) is 4.79 Å². The summed E-state index contributed by atoms with van der Waals surface area (Å²) < 4.78 is 1.04. The van der Waals surface area contributed by atoms with Crippen molar-refractivity contribution in [1.29, 1.82) is 0 Å². The molecule has 16 heavy (non-hydrogen) atoms. The summed E-state index contributed by atoms with van der Waals surface area (Å²) in [6.45, 7) is 2.63. The van der Waals surface area contributed by atoms with E-state index in [1.807, 2.05) is 43.5 Å². The van der Waals surface area contributed by atoms with Gasteiger partial charge < -0.3 is 5.32 Å². The Balaban J connectivity index is 2.20. The lowest BCUT2D eigenvalue weighted by molar-refractivity contribution is 0.201. The zero-order valence-electron chi connectivity index (χ0n) is 8.98. The summed E-state index contributed by atoms with van der Waals surface area (Å²) in [5, 5.41) is 2.79.